The smallest absolute Gasteiger partial charge is 0.269 e. The van der Waals surface area contributed by atoms with E-state index in [-0.39, 0.29) is 5.91 Å². The van der Waals surface area contributed by atoms with Crippen molar-refractivity contribution in [2.75, 3.05) is 44.7 Å². The number of rotatable bonds is 4. The third-order valence-corrected chi connectivity index (χ3v) is 5.45. The Morgan fingerprint density at radius 1 is 1.22 bits per heavy atom. The zero-order chi connectivity index (χ0) is 18.8. The fourth-order valence-corrected chi connectivity index (χ4v) is 3.72. The Bertz CT molecular complexity index is 833. The Balaban J connectivity index is 1.41. The molecule has 0 saturated carbocycles. The second-order valence-electron chi connectivity index (χ2n) is 6.99. The first kappa shape index (κ1) is 17.7. The van der Waals surface area contributed by atoms with Crippen LogP contribution in [0.3, 0.4) is 0 Å². The second-order valence-corrected chi connectivity index (χ2v) is 6.99. The van der Waals surface area contributed by atoms with Gasteiger partial charge in [0.1, 0.15) is 11.4 Å². The van der Waals surface area contributed by atoms with Gasteiger partial charge in [0.15, 0.2) is 0 Å². The molecule has 1 N–H and O–H groups in total. The Kier molecular flexibility index (Phi) is 4.94. The van der Waals surface area contributed by atoms with Crippen LogP contribution in [0.5, 0.6) is 5.75 Å². The molecule has 2 aliphatic rings. The number of fused-ring (bicyclic) bond motifs is 1. The molecule has 2 aliphatic heterocycles. The maximum Gasteiger partial charge on any atom is 0.269 e. The molecule has 0 bridgehead atoms. The number of nitrogens with one attached hydrogen (secondary N) is 1. The van der Waals surface area contributed by atoms with Crippen molar-refractivity contribution in [2.24, 2.45) is 0 Å². The highest BCUT2D eigenvalue weighted by atomic mass is 16.5. The largest absolute Gasteiger partial charge is 0.493 e. The molecule has 4 rings (SSSR count). The first-order chi connectivity index (χ1) is 13.2. The molecular formula is C20H25N5O2. The summed E-state index contributed by atoms with van der Waals surface area (Å²) in [5.41, 5.74) is 3.00. The van der Waals surface area contributed by atoms with Crippen molar-refractivity contribution in [3.8, 4) is 5.75 Å². The lowest BCUT2D eigenvalue weighted by molar-refractivity contribution is 0.0958. The van der Waals surface area contributed by atoms with Crippen LogP contribution in [-0.2, 0) is 6.42 Å². The third kappa shape index (κ3) is 3.60. The fraction of sp³-hybridized carbons (Fsp3) is 0.450. The Morgan fingerprint density at radius 2 is 2.04 bits per heavy atom. The van der Waals surface area contributed by atoms with E-state index in [0.717, 1.165) is 45.0 Å². The number of hydrogen-bond acceptors (Lipinski definition) is 6. The van der Waals surface area contributed by atoms with Crippen molar-refractivity contribution in [3.05, 3.63) is 47.3 Å². The first-order valence-corrected chi connectivity index (χ1v) is 9.45. The van der Waals surface area contributed by atoms with Crippen LogP contribution in [0.15, 0.2) is 30.5 Å². The number of nitrogens with zero attached hydrogens (tertiary/aromatic N) is 4. The van der Waals surface area contributed by atoms with E-state index >= 15 is 0 Å². The molecule has 0 aliphatic carbocycles. The van der Waals surface area contributed by atoms with Gasteiger partial charge in [0, 0.05) is 51.9 Å². The lowest BCUT2D eigenvalue weighted by Crippen LogP contribution is -2.47. The normalized spacial score (nSPS) is 17.9. The highest BCUT2D eigenvalue weighted by Crippen LogP contribution is 2.31. The number of carbonyl (C=O) groups is 1. The minimum Gasteiger partial charge on any atom is -0.493 e. The molecule has 27 heavy (non-hydrogen) atoms. The molecule has 1 unspecified atom stereocenters. The minimum absolute atomic E-state index is 0.190. The number of anilines is 1. The number of carbonyl (C=O) groups excluding carboxylic acids is 1. The summed E-state index contributed by atoms with van der Waals surface area (Å²) in [5.74, 6) is 1.47. The first-order valence-electron chi connectivity index (χ1n) is 9.45. The van der Waals surface area contributed by atoms with Gasteiger partial charge in [-0.25, -0.2) is 9.97 Å². The number of aromatic nitrogens is 2. The Labute approximate surface area is 159 Å². The van der Waals surface area contributed by atoms with Gasteiger partial charge in [-0.3, -0.25) is 9.69 Å². The van der Waals surface area contributed by atoms with Gasteiger partial charge in [0.2, 0.25) is 5.95 Å². The quantitative estimate of drug-likeness (QED) is 0.886. The van der Waals surface area contributed by atoms with Gasteiger partial charge in [0.05, 0.1) is 6.61 Å². The van der Waals surface area contributed by atoms with Crippen molar-refractivity contribution in [1.29, 1.82) is 0 Å². The van der Waals surface area contributed by atoms with Crippen molar-refractivity contribution < 1.29 is 9.53 Å². The zero-order valence-corrected chi connectivity index (χ0v) is 15.8. The maximum absolute atomic E-state index is 11.8. The number of benzene rings is 1. The number of amides is 1. The van der Waals surface area contributed by atoms with Crippen LogP contribution in [0.2, 0.25) is 0 Å². The van der Waals surface area contributed by atoms with Gasteiger partial charge in [-0.05, 0) is 30.2 Å². The van der Waals surface area contributed by atoms with Crippen LogP contribution in [0.1, 0.15) is 34.6 Å². The summed E-state index contributed by atoms with van der Waals surface area (Å²) in [5, 5.41) is 2.60. The fourth-order valence-electron chi connectivity index (χ4n) is 3.72. The predicted octanol–water partition coefficient (Wildman–Crippen LogP) is 1.65. The van der Waals surface area contributed by atoms with E-state index in [4.69, 9.17) is 4.74 Å². The summed E-state index contributed by atoms with van der Waals surface area (Å²) >= 11 is 0. The zero-order valence-electron chi connectivity index (χ0n) is 15.8. The SMILES string of the molecule is CNC(=O)c1ccnc(N2CCN(C(C)c3ccc4c(c3)OCC4)CC2)n1. The summed E-state index contributed by atoms with van der Waals surface area (Å²) in [6.07, 6.45) is 2.66. The van der Waals surface area contributed by atoms with Crippen LogP contribution < -0.4 is 15.0 Å². The van der Waals surface area contributed by atoms with Crippen molar-refractivity contribution in [1.82, 2.24) is 20.2 Å². The van der Waals surface area contributed by atoms with Crippen LogP contribution in [-0.4, -0.2) is 60.6 Å². The number of piperazine rings is 1. The molecule has 142 valence electrons. The van der Waals surface area contributed by atoms with Gasteiger partial charge in [0.25, 0.3) is 5.91 Å². The molecule has 1 atom stereocenters. The van der Waals surface area contributed by atoms with E-state index in [1.807, 2.05) is 0 Å². The number of hydrogen-bond donors (Lipinski definition) is 1. The molecule has 0 spiro atoms. The molecule has 0 radical (unpaired) electrons. The summed E-state index contributed by atoms with van der Waals surface area (Å²) in [6.45, 7) is 6.56. The maximum atomic E-state index is 11.8. The van der Waals surface area contributed by atoms with E-state index in [9.17, 15) is 4.79 Å². The van der Waals surface area contributed by atoms with Gasteiger partial charge in [-0.15, -0.1) is 0 Å². The second kappa shape index (κ2) is 7.52. The average Bonchev–Trinajstić information content (AvgIpc) is 3.20. The van der Waals surface area contributed by atoms with Crippen LogP contribution in [0, 0.1) is 0 Å². The molecule has 7 heteroatoms. The third-order valence-electron chi connectivity index (χ3n) is 5.45. The van der Waals surface area contributed by atoms with E-state index in [0.29, 0.717) is 17.7 Å². The average molecular weight is 367 g/mol. The van der Waals surface area contributed by atoms with Crippen LogP contribution >= 0.6 is 0 Å². The Morgan fingerprint density at radius 3 is 2.81 bits per heavy atom. The molecule has 3 heterocycles. The van der Waals surface area contributed by atoms with E-state index < -0.39 is 0 Å². The number of ether oxygens (including phenoxy) is 1. The molecule has 1 aromatic carbocycles. The highest BCUT2D eigenvalue weighted by molar-refractivity contribution is 5.92. The van der Waals surface area contributed by atoms with Crippen LogP contribution in [0.4, 0.5) is 5.95 Å². The van der Waals surface area contributed by atoms with Gasteiger partial charge >= 0.3 is 0 Å². The van der Waals surface area contributed by atoms with E-state index in [1.165, 1.54) is 11.1 Å². The summed E-state index contributed by atoms with van der Waals surface area (Å²) in [6, 6.07) is 8.58. The topological polar surface area (TPSA) is 70.6 Å². The summed E-state index contributed by atoms with van der Waals surface area (Å²) < 4.78 is 5.72. The molecular weight excluding hydrogens is 342 g/mol. The van der Waals surface area contributed by atoms with Gasteiger partial charge < -0.3 is 15.0 Å². The van der Waals surface area contributed by atoms with Gasteiger partial charge in [-0.1, -0.05) is 12.1 Å². The van der Waals surface area contributed by atoms with Gasteiger partial charge in [-0.2, -0.15) is 0 Å². The Hall–Kier alpha value is -2.67. The standard InChI is InChI=1S/C20H25N5O2/c1-14(16-4-3-15-6-12-27-18(15)13-16)24-8-10-25(11-9-24)20-22-7-5-17(23-20)19(26)21-2/h3-5,7,13-14H,6,8-12H2,1-2H3,(H,21,26). The summed E-state index contributed by atoms with van der Waals surface area (Å²) in [4.78, 5) is 25.1. The molecule has 2 aromatic rings. The van der Waals surface area contributed by atoms with E-state index in [1.54, 1.807) is 19.3 Å². The molecule has 1 fully saturated rings. The van der Waals surface area contributed by atoms with Crippen LogP contribution in [0.25, 0.3) is 0 Å². The lowest BCUT2D eigenvalue weighted by atomic mass is 10.0. The molecule has 1 aromatic heterocycles. The molecule has 1 amide bonds. The summed E-state index contributed by atoms with van der Waals surface area (Å²) in [7, 11) is 1.61. The lowest BCUT2D eigenvalue weighted by Gasteiger charge is -2.38. The van der Waals surface area contributed by atoms with Crippen molar-refractivity contribution >= 4 is 11.9 Å². The molecule has 7 nitrogen and oxygen atoms in total. The highest BCUT2D eigenvalue weighted by Gasteiger charge is 2.25. The minimum atomic E-state index is -0.190. The van der Waals surface area contributed by atoms with E-state index in [2.05, 4.69) is 50.2 Å². The monoisotopic (exact) mass is 367 g/mol. The molecule has 1 saturated heterocycles. The van der Waals surface area contributed by atoms with Crippen molar-refractivity contribution in [2.45, 2.75) is 19.4 Å². The predicted molar refractivity (Wildman–Crippen MR) is 103 cm³/mol. The van der Waals surface area contributed by atoms with Crippen molar-refractivity contribution in [3.63, 3.8) is 0 Å².